The molecule has 1 heterocycles. The fourth-order valence-corrected chi connectivity index (χ4v) is 2.83. The number of phenols is 1. The minimum atomic E-state index is 0.169. The zero-order valence-corrected chi connectivity index (χ0v) is 12.2. The summed E-state index contributed by atoms with van der Waals surface area (Å²) < 4.78 is 5.41. The highest BCUT2D eigenvalue weighted by molar-refractivity contribution is 7.15. The van der Waals surface area contributed by atoms with Crippen LogP contribution < -0.4 is 10.1 Å². The molecule has 0 atom stereocenters. The Kier molecular flexibility index (Phi) is 3.89. The maximum absolute atomic E-state index is 9.72. The summed E-state index contributed by atoms with van der Waals surface area (Å²) in [4.78, 5) is 5.69. The average molecular weight is 290 g/mol. The minimum absolute atomic E-state index is 0.169. The van der Waals surface area contributed by atoms with Gasteiger partial charge in [0.15, 0.2) is 11.5 Å². The first-order valence-electron chi connectivity index (χ1n) is 6.90. The number of aromatic hydroxyl groups is 1. The average Bonchev–Trinajstić information content (AvgIpc) is 3.16. The van der Waals surface area contributed by atoms with Crippen molar-refractivity contribution >= 4 is 11.3 Å². The van der Waals surface area contributed by atoms with Gasteiger partial charge in [-0.05, 0) is 38.0 Å². The molecule has 0 aliphatic heterocycles. The highest BCUT2D eigenvalue weighted by Crippen LogP contribution is 2.33. The van der Waals surface area contributed by atoms with Crippen molar-refractivity contribution in [3.05, 3.63) is 29.3 Å². The molecule has 1 aromatic heterocycles. The number of aromatic nitrogens is 1. The van der Waals surface area contributed by atoms with Gasteiger partial charge in [0.05, 0.1) is 6.61 Å². The smallest absolute Gasteiger partial charge is 0.161 e. The van der Waals surface area contributed by atoms with Crippen molar-refractivity contribution < 1.29 is 9.84 Å². The van der Waals surface area contributed by atoms with Crippen molar-refractivity contribution in [3.8, 4) is 22.1 Å². The Morgan fingerprint density at radius 1 is 1.45 bits per heavy atom. The molecule has 0 unspecified atom stereocenters. The topological polar surface area (TPSA) is 54.4 Å². The summed E-state index contributed by atoms with van der Waals surface area (Å²) in [6.45, 7) is 3.32. The molecule has 0 bridgehead atoms. The van der Waals surface area contributed by atoms with Gasteiger partial charge < -0.3 is 15.2 Å². The van der Waals surface area contributed by atoms with Crippen molar-refractivity contribution in [2.75, 3.05) is 6.61 Å². The van der Waals surface area contributed by atoms with E-state index in [0.717, 1.165) is 17.1 Å². The zero-order chi connectivity index (χ0) is 13.9. The van der Waals surface area contributed by atoms with E-state index in [9.17, 15) is 5.11 Å². The quantitative estimate of drug-likeness (QED) is 0.858. The summed E-state index contributed by atoms with van der Waals surface area (Å²) >= 11 is 1.68. The molecule has 1 fully saturated rings. The van der Waals surface area contributed by atoms with Crippen LogP contribution in [-0.4, -0.2) is 22.7 Å². The van der Waals surface area contributed by atoms with Crippen molar-refractivity contribution in [2.24, 2.45) is 0 Å². The first-order valence-corrected chi connectivity index (χ1v) is 7.72. The van der Waals surface area contributed by atoms with E-state index in [1.807, 2.05) is 25.3 Å². The molecule has 1 aliphatic carbocycles. The Morgan fingerprint density at radius 3 is 3.05 bits per heavy atom. The molecule has 0 spiro atoms. The molecule has 4 nitrogen and oxygen atoms in total. The third kappa shape index (κ3) is 3.11. The van der Waals surface area contributed by atoms with Gasteiger partial charge in [0, 0.05) is 29.2 Å². The summed E-state index contributed by atoms with van der Waals surface area (Å²) in [6, 6.07) is 6.08. The van der Waals surface area contributed by atoms with E-state index in [2.05, 4.69) is 10.3 Å². The predicted octanol–water partition coefficient (Wildman–Crippen LogP) is 3.17. The lowest BCUT2D eigenvalue weighted by Gasteiger charge is -2.06. The van der Waals surface area contributed by atoms with Gasteiger partial charge in [-0.25, -0.2) is 4.98 Å². The van der Waals surface area contributed by atoms with Crippen LogP contribution >= 0.6 is 11.3 Å². The van der Waals surface area contributed by atoms with Gasteiger partial charge in [0.1, 0.15) is 5.01 Å². The van der Waals surface area contributed by atoms with Gasteiger partial charge >= 0.3 is 0 Å². The van der Waals surface area contributed by atoms with Crippen molar-refractivity contribution in [1.82, 2.24) is 10.3 Å². The molecule has 0 saturated heterocycles. The number of nitrogens with zero attached hydrogens (tertiary/aromatic N) is 1. The molecule has 1 aromatic carbocycles. The first-order chi connectivity index (χ1) is 9.76. The first kappa shape index (κ1) is 13.4. The normalized spacial score (nSPS) is 14.4. The molecule has 1 saturated carbocycles. The van der Waals surface area contributed by atoms with E-state index >= 15 is 0 Å². The predicted molar refractivity (Wildman–Crippen MR) is 80.2 cm³/mol. The van der Waals surface area contributed by atoms with Crippen LogP contribution in [0.2, 0.25) is 0 Å². The van der Waals surface area contributed by atoms with Crippen molar-refractivity contribution in [3.63, 3.8) is 0 Å². The molecule has 106 valence electrons. The Hall–Kier alpha value is -1.59. The zero-order valence-electron chi connectivity index (χ0n) is 11.4. The molecular formula is C15H18N2O2S. The summed E-state index contributed by atoms with van der Waals surface area (Å²) in [6.07, 6.45) is 4.51. The van der Waals surface area contributed by atoms with Crippen LogP contribution in [0.5, 0.6) is 11.5 Å². The van der Waals surface area contributed by atoms with Gasteiger partial charge in [0.25, 0.3) is 0 Å². The van der Waals surface area contributed by atoms with Crippen LogP contribution in [0.1, 0.15) is 24.6 Å². The maximum Gasteiger partial charge on any atom is 0.161 e. The largest absolute Gasteiger partial charge is 0.504 e. The number of nitrogens with one attached hydrogen (secondary N) is 1. The Balaban J connectivity index is 1.75. The minimum Gasteiger partial charge on any atom is -0.504 e. The lowest BCUT2D eigenvalue weighted by atomic mass is 10.2. The second-order valence-electron chi connectivity index (χ2n) is 4.90. The van der Waals surface area contributed by atoms with Crippen molar-refractivity contribution in [1.29, 1.82) is 0 Å². The lowest BCUT2D eigenvalue weighted by molar-refractivity contribution is 0.318. The second-order valence-corrected chi connectivity index (χ2v) is 6.02. The van der Waals surface area contributed by atoms with E-state index in [1.165, 1.54) is 17.7 Å². The summed E-state index contributed by atoms with van der Waals surface area (Å²) in [5.74, 6) is 0.681. The van der Waals surface area contributed by atoms with Crippen LogP contribution in [-0.2, 0) is 6.54 Å². The fourth-order valence-electron chi connectivity index (χ4n) is 1.97. The van der Waals surface area contributed by atoms with E-state index in [1.54, 1.807) is 17.4 Å². The number of benzene rings is 1. The number of thiazole rings is 1. The molecule has 0 amide bonds. The van der Waals surface area contributed by atoms with Crippen LogP contribution in [0.4, 0.5) is 0 Å². The van der Waals surface area contributed by atoms with Gasteiger partial charge in [-0.3, -0.25) is 0 Å². The summed E-state index contributed by atoms with van der Waals surface area (Å²) in [7, 11) is 0. The Bertz CT molecular complexity index is 593. The van der Waals surface area contributed by atoms with Gasteiger partial charge in [-0.1, -0.05) is 0 Å². The number of phenolic OH excluding ortho intramolecular Hbond substituents is 1. The van der Waals surface area contributed by atoms with Gasteiger partial charge in [-0.2, -0.15) is 0 Å². The van der Waals surface area contributed by atoms with Crippen LogP contribution in [0.25, 0.3) is 10.6 Å². The van der Waals surface area contributed by atoms with Gasteiger partial charge in [0.2, 0.25) is 0 Å². The number of hydrogen-bond donors (Lipinski definition) is 2. The Morgan fingerprint density at radius 2 is 2.30 bits per heavy atom. The van der Waals surface area contributed by atoms with E-state index in [0.29, 0.717) is 18.4 Å². The van der Waals surface area contributed by atoms with Crippen LogP contribution in [0, 0.1) is 0 Å². The van der Waals surface area contributed by atoms with E-state index < -0.39 is 0 Å². The molecular weight excluding hydrogens is 272 g/mol. The van der Waals surface area contributed by atoms with Crippen LogP contribution in [0.15, 0.2) is 24.4 Å². The van der Waals surface area contributed by atoms with E-state index in [4.69, 9.17) is 4.74 Å². The molecule has 1 aliphatic rings. The monoisotopic (exact) mass is 290 g/mol. The standard InChI is InChI=1S/C15H18N2O2S/c1-2-19-14-7-10(3-6-13(14)18)15-17-9-12(20-15)8-16-11-4-5-11/h3,6-7,9,11,16,18H,2,4-5,8H2,1H3. The third-order valence-corrected chi connectivity index (χ3v) is 4.25. The molecule has 2 aromatic rings. The number of ether oxygens (including phenoxy) is 1. The number of rotatable bonds is 6. The third-order valence-electron chi connectivity index (χ3n) is 3.20. The SMILES string of the molecule is CCOc1cc(-c2ncc(CNC3CC3)s2)ccc1O. The Labute approximate surface area is 122 Å². The highest BCUT2D eigenvalue weighted by atomic mass is 32.1. The van der Waals surface area contributed by atoms with Crippen molar-refractivity contribution in [2.45, 2.75) is 32.4 Å². The summed E-state index contributed by atoms with van der Waals surface area (Å²) in [5.41, 5.74) is 0.980. The molecule has 0 radical (unpaired) electrons. The molecule has 3 rings (SSSR count). The maximum atomic E-state index is 9.72. The highest BCUT2D eigenvalue weighted by Gasteiger charge is 2.20. The summed E-state index contributed by atoms with van der Waals surface area (Å²) in [5, 5.41) is 14.2. The second kappa shape index (κ2) is 5.81. The molecule has 20 heavy (non-hydrogen) atoms. The fraction of sp³-hybridized carbons (Fsp3) is 0.400. The number of hydrogen-bond acceptors (Lipinski definition) is 5. The molecule has 2 N–H and O–H groups in total. The van der Waals surface area contributed by atoms with Crippen LogP contribution in [0.3, 0.4) is 0 Å². The van der Waals surface area contributed by atoms with Gasteiger partial charge in [-0.15, -0.1) is 11.3 Å². The van der Waals surface area contributed by atoms with E-state index in [-0.39, 0.29) is 5.75 Å². The lowest BCUT2D eigenvalue weighted by Crippen LogP contribution is -2.14. The molecule has 5 heteroatoms.